The number of carbonyl (C=O) groups is 1. The number of ether oxygens (including phenoxy) is 2. The number of carboxylic acids is 1. The van der Waals surface area contributed by atoms with E-state index in [1.807, 2.05) is 35.2 Å². The van der Waals surface area contributed by atoms with Gasteiger partial charge in [-0.15, -0.1) is 0 Å². The first-order valence-electron chi connectivity index (χ1n) is 9.18. The fourth-order valence-corrected chi connectivity index (χ4v) is 3.39. The van der Waals surface area contributed by atoms with E-state index in [4.69, 9.17) is 9.84 Å². The molecule has 0 unspecified atom stereocenters. The van der Waals surface area contributed by atoms with Crippen LogP contribution in [0.5, 0.6) is 0 Å². The van der Waals surface area contributed by atoms with Gasteiger partial charge in [0.15, 0.2) is 0 Å². The number of halogens is 2. The first-order chi connectivity index (χ1) is 13.5. The molecule has 1 aliphatic rings. The van der Waals surface area contributed by atoms with E-state index in [1.54, 1.807) is 12.1 Å². The predicted octanol–water partition coefficient (Wildman–Crippen LogP) is 4.18. The SMILES string of the molecule is O=C(O)c1ccc(N2C[C@@H](OCc3ccccc3)CC[C@H]2COC(F)F)cc1. The normalized spacial score (nSPS) is 19.8. The summed E-state index contributed by atoms with van der Waals surface area (Å²) in [7, 11) is 0. The lowest BCUT2D eigenvalue weighted by atomic mass is 9.99. The third-order valence-corrected chi connectivity index (χ3v) is 4.85. The summed E-state index contributed by atoms with van der Waals surface area (Å²) >= 11 is 0. The molecule has 1 saturated heterocycles. The van der Waals surface area contributed by atoms with E-state index >= 15 is 0 Å². The van der Waals surface area contributed by atoms with Gasteiger partial charge in [0.1, 0.15) is 0 Å². The number of nitrogens with zero attached hydrogens (tertiary/aromatic N) is 1. The Balaban J connectivity index is 1.69. The fourth-order valence-electron chi connectivity index (χ4n) is 3.39. The topological polar surface area (TPSA) is 59.0 Å². The molecule has 0 amide bonds. The first-order valence-corrected chi connectivity index (χ1v) is 9.18. The standard InChI is InChI=1S/C21H23F2NO4/c22-21(23)28-14-18-10-11-19(27-13-15-4-2-1-3-5-15)12-24(18)17-8-6-16(7-9-17)20(25)26/h1-9,18-19,21H,10-14H2,(H,25,26)/t18-,19-/m0/s1. The molecule has 0 radical (unpaired) electrons. The molecular formula is C21H23F2NO4. The Hall–Kier alpha value is -2.51. The van der Waals surface area contributed by atoms with Crippen molar-refractivity contribution in [1.29, 1.82) is 0 Å². The van der Waals surface area contributed by atoms with Crippen LogP contribution in [0.2, 0.25) is 0 Å². The molecule has 0 saturated carbocycles. The van der Waals surface area contributed by atoms with Crippen LogP contribution < -0.4 is 4.90 Å². The van der Waals surface area contributed by atoms with Gasteiger partial charge in [-0.25, -0.2) is 4.79 Å². The number of benzene rings is 2. The molecule has 3 rings (SSSR count). The second-order valence-electron chi connectivity index (χ2n) is 6.75. The van der Waals surface area contributed by atoms with Gasteiger partial charge < -0.3 is 19.5 Å². The van der Waals surface area contributed by atoms with Crippen molar-refractivity contribution >= 4 is 11.7 Å². The summed E-state index contributed by atoms with van der Waals surface area (Å²) < 4.78 is 35.6. The van der Waals surface area contributed by atoms with Crippen molar-refractivity contribution in [3.05, 3.63) is 65.7 Å². The minimum Gasteiger partial charge on any atom is -0.478 e. The summed E-state index contributed by atoms with van der Waals surface area (Å²) in [6, 6.07) is 16.0. The van der Waals surface area contributed by atoms with Crippen molar-refractivity contribution < 1.29 is 28.2 Å². The lowest BCUT2D eigenvalue weighted by molar-refractivity contribution is -0.134. The highest BCUT2D eigenvalue weighted by Crippen LogP contribution is 2.28. The second-order valence-corrected chi connectivity index (χ2v) is 6.75. The maximum atomic E-state index is 12.5. The Morgan fingerprint density at radius 3 is 2.46 bits per heavy atom. The van der Waals surface area contributed by atoms with Crippen LogP contribution >= 0.6 is 0 Å². The van der Waals surface area contributed by atoms with E-state index < -0.39 is 12.6 Å². The van der Waals surface area contributed by atoms with Gasteiger partial charge in [-0.1, -0.05) is 30.3 Å². The number of anilines is 1. The van der Waals surface area contributed by atoms with Crippen molar-refractivity contribution in [2.45, 2.75) is 38.2 Å². The number of rotatable bonds is 8. The Morgan fingerprint density at radius 1 is 1.11 bits per heavy atom. The van der Waals surface area contributed by atoms with E-state index in [9.17, 15) is 13.6 Å². The lowest BCUT2D eigenvalue weighted by Gasteiger charge is -2.41. The minimum absolute atomic E-state index is 0.0536. The van der Waals surface area contributed by atoms with Crippen LogP contribution in [0.1, 0.15) is 28.8 Å². The maximum Gasteiger partial charge on any atom is 0.345 e. The minimum atomic E-state index is -2.82. The zero-order chi connectivity index (χ0) is 19.9. The summed E-state index contributed by atoms with van der Waals surface area (Å²) in [4.78, 5) is 13.0. The number of alkyl halides is 2. The van der Waals surface area contributed by atoms with Crippen LogP contribution in [0.3, 0.4) is 0 Å². The van der Waals surface area contributed by atoms with E-state index in [0.717, 1.165) is 17.7 Å². The highest BCUT2D eigenvalue weighted by Gasteiger charge is 2.30. The Bertz CT molecular complexity index is 755. The molecule has 0 aromatic heterocycles. The molecule has 0 aliphatic carbocycles. The Morgan fingerprint density at radius 2 is 1.82 bits per heavy atom. The van der Waals surface area contributed by atoms with E-state index in [0.29, 0.717) is 19.6 Å². The number of aromatic carboxylic acids is 1. The zero-order valence-corrected chi connectivity index (χ0v) is 15.3. The van der Waals surface area contributed by atoms with Gasteiger partial charge in [-0.3, -0.25) is 0 Å². The van der Waals surface area contributed by atoms with Crippen molar-refractivity contribution in [2.24, 2.45) is 0 Å². The Kier molecular flexibility index (Phi) is 6.95. The molecule has 1 aliphatic heterocycles. The maximum absolute atomic E-state index is 12.5. The van der Waals surface area contributed by atoms with E-state index in [1.165, 1.54) is 12.1 Å². The van der Waals surface area contributed by atoms with Crippen molar-refractivity contribution in [3.63, 3.8) is 0 Å². The van der Waals surface area contributed by atoms with Crippen LogP contribution in [0, 0.1) is 0 Å². The molecule has 2 aromatic carbocycles. The molecule has 150 valence electrons. The highest BCUT2D eigenvalue weighted by molar-refractivity contribution is 5.88. The number of hydrogen-bond donors (Lipinski definition) is 1. The quantitative estimate of drug-likeness (QED) is 0.732. The van der Waals surface area contributed by atoms with Gasteiger partial charge in [-0.2, -0.15) is 8.78 Å². The third kappa shape index (κ3) is 5.50. The van der Waals surface area contributed by atoms with Crippen LogP contribution in [0.15, 0.2) is 54.6 Å². The largest absolute Gasteiger partial charge is 0.478 e. The summed E-state index contributed by atoms with van der Waals surface area (Å²) in [5, 5.41) is 9.07. The molecule has 5 nitrogen and oxygen atoms in total. The average molecular weight is 391 g/mol. The molecule has 1 heterocycles. The first kappa shape index (κ1) is 20.2. The molecule has 1 fully saturated rings. The number of carboxylic acid groups (broad SMARTS) is 1. The summed E-state index contributed by atoms with van der Waals surface area (Å²) in [6.45, 7) is -1.90. The Labute approximate surface area is 162 Å². The monoisotopic (exact) mass is 391 g/mol. The van der Waals surface area contributed by atoms with E-state index in [-0.39, 0.29) is 24.3 Å². The smallest absolute Gasteiger partial charge is 0.345 e. The van der Waals surface area contributed by atoms with Gasteiger partial charge in [0.2, 0.25) is 0 Å². The second kappa shape index (κ2) is 9.61. The van der Waals surface area contributed by atoms with Crippen LogP contribution in [0.4, 0.5) is 14.5 Å². The highest BCUT2D eigenvalue weighted by atomic mass is 19.3. The average Bonchev–Trinajstić information content (AvgIpc) is 2.71. The molecule has 1 N–H and O–H groups in total. The molecule has 7 heteroatoms. The fraction of sp³-hybridized carbons (Fsp3) is 0.381. The summed E-state index contributed by atoms with van der Waals surface area (Å²) in [5.74, 6) is -1.01. The number of hydrogen-bond acceptors (Lipinski definition) is 4. The van der Waals surface area contributed by atoms with Crippen LogP contribution in [-0.2, 0) is 16.1 Å². The van der Waals surface area contributed by atoms with Crippen molar-refractivity contribution in [3.8, 4) is 0 Å². The zero-order valence-electron chi connectivity index (χ0n) is 15.3. The third-order valence-electron chi connectivity index (χ3n) is 4.85. The van der Waals surface area contributed by atoms with E-state index in [2.05, 4.69) is 4.74 Å². The van der Waals surface area contributed by atoms with Gasteiger partial charge in [-0.05, 0) is 42.7 Å². The summed E-state index contributed by atoms with van der Waals surface area (Å²) in [5.41, 5.74) is 2.02. The molecule has 28 heavy (non-hydrogen) atoms. The van der Waals surface area contributed by atoms with Gasteiger partial charge >= 0.3 is 12.6 Å². The van der Waals surface area contributed by atoms with Crippen LogP contribution in [-0.4, -0.2) is 43.0 Å². The van der Waals surface area contributed by atoms with Crippen LogP contribution in [0.25, 0.3) is 0 Å². The molecule has 0 bridgehead atoms. The molecular weight excluding hydrogens is 368 g/mol. The molecule has 2 aromatic rings. The number of piperidine rings is 1. The van der Waals surface area contributed by atoms with Gasteiger partial charge in [0.25, 0.3) is 0 Å². The lowest BCUT2D eigenvalue weighted by Crippen LogP contribution is -2.49. The predicted molar refractivity (Wildman–Crippen MR) is 101 cm³/mol. The van der Waals surface area contributed by atoms with Gasteiger partial charge in [0.05, 0.1) is 30.9 Å². The molecule has 0 spiro atoms. The van der Waals surface area contributed by atoms with Crippen molar-refractivity contribution in [1.82, 2.24) is 0 Å². The summed E-state index contributed by atoms with van der Waals surface area (Å²) in [6.07, 6.45) is 1.34. The molecule has 2 atom stereocenters. The van der Waals surface area contributed by atoms with Crippen molar-refractivity contribution in [2.75, 3.05) is 18.1 Å². The van der Waals surface area contributed by atoms with Gasteiger partial charge in [0, 0.05) is 12.2 Å².